The quantitative estimate of drug-likeness (QED) is 0.831. The second-order valence-corrected chi connectivity index (χ2v) is 4.42. The van der Waals surface area contributed by atoms with E-state index in [1.807, 2.05) is 20.9 Å². The molecular formula is C13H19F2N. The van der Waals surface area contributed by atoms with Crippen LogP contribution in [0, 0.1) is 18.6 Å². The molecule has 1 aromatic carbocycles. The highest BCUT2D eigenvalue weighted by Gasteiger charge is 2.19. The third-order valence-corrected chi connectivity index (χ3v) is 3.01. The number of benzene rings is 1. The van der Waals surface area contributed by atoms with E-state index in [-0.39, 0.29) is 17.5 Å². The summed E-state index contributed by atoms with van der Waals surface area (Å²) in [5.74, 6) is -0.975. The van der Waals surface area contributed by atoms with E-state index in [0.29, 0.717) is 12.0 Å². The van der Waals surface area contributed by atoms with E-state index in [2.05, 4.69) is 5.32 Å². The lowest BCUT2D eigenvalue weighted by Gasteiger charge is -2.18. The van der Waals surface area contributed by atoms with Gasteiger partial charge < -0.3 is 5.32 Å². The molecule has 0 aliphatic heterocycles. The minimum atomic E-state index is -0.445. The average molecular weight is 227 g/mol. The minimum absolute atomic E-state index is 0.123. The molecule has 0 aromatic heterocycles. The maximum absolute atomic E-state index is 13.8. The van der Waals surface area contributed by atoms with Crippen molar-refractivity contribution in [3.8, 4) is 0 Å². The molecule has 90 valence electrons. The van der Waals surface area contributed by atoms with E-state index in [0.717, 1.165) is 0 Å². The third kappa shape index (κ3) is 2.79. The van der Waals surface area contributed by atoms with Crippen LogP contribution in [-0.2, 0) is 0 Å². The van der Waals surface area contributed by atoms with Gasteiger partial charge in [-0.2, -0.15) is 0 Å². The smallest absolute Gasteiger partial charge is 0.132 e. The number of rotatable bonds is 4. The molecule has 0 spiro atoms. The van der Waals surface area contributed by atoms with Crippen molar-refractivity contribution >= 4 is 0 Å². The molecule has 3 heteroatoms. The second kappa shape index (κ2) is 5.39. The highest BCUT2D eigenvalue weighted by Crippen LogP contribution is 2.27. The fraction of sp³-hybridized carbons (Fsp3) is 0.538. The van der Waals surface area contributed by atoms with Gasteiger partial charge in [0, 0.05) is 11.6 Å². The summed E-state index contributed by atoms with van der Waals surface area (Å²) < 4.78 is 27.4. The summed E-state index contributed by atoms with van der Waals surface area (Å²) in [6.45, 7) is 5.52. The van der Waals surface area contributed by atoms with Crippen LogP contribution in [0.1, 0.15) is 37.3 Å². The Kier molecular flexibility index (Phi) is 4.42. The van der Waals surface area contributed by atoms with Crippen molar-refractivity contribution in [2.75, 3.05) is 7.05 Å². The van der Waals surface area contributed by atoms with Gasteiger partial charge in [0.15, 0.2) is 0 Å². The molecule has 1 aromatic rings. The first-order chi connectivity index (χ1) is 7.47. The molecule has 0 fully saturated rings. The molecule has 0 saturated heterocycles. The van der Waals surface area contributed by atoms with Crippen LogP contribution >= 0.6 is 0 Å². The molecule has 0 radical (unpaired) electrons. The summed E-state index contributed by atoms with van der Waals surface area (Å²) in [6.07, 6.45) is 0.716. The van der Waals surface area contributed by atoms with Crippen LogP contribution in [0.15, 0.2) is 12.1 Å². The van der Waals surface area contributed by atoms with Gasteiger partial charge in [-0.15, -0.1) is 0 Å². The molecule has 0 aliphatic rings. The van der Waals surface area contributed by atoms with Crippen molar-refractivity contribution in [1.82, 2.24) is 5.32 Å². The van der Waals surface area contributed by atoms with Gasteiger partial charge in [0.2, 0.25) is 0 Å². The van der Waals surface area contributed by atoms with E-state index in [4.69, 9.17) is 0 Å². The summed E-state index contributed by atoms with van der Waals surface area (Å²) in [6, 6.07) is 3.06. The van der Waals surface area contributed by atoms with Crippen LogP contribution in [0.25, 0.3) is 0 Å². The lowest BCUT2D eigenvalue weighted by atomic mass is 9.92. The van der Waals surface area contributed by atoms with Gasteiger partial charge in [-0.05, 0) is 44.9 Å². The van der Waals surface area contributed by atoms with Gasteiger partial charge in [0.25, 0.3) is 0 Å². The molecule has 0 heterocycles. The predicted molar refractivity (Wildman–Crippen MR) is 62.6 cm³/mol. The van der Waals surface area contributed by atoms with Gasteiger partial charge in [-0.3, -0.25) is 0 Å². The van der Waals surface area contributed by atoms with Gasteiger partial charge in [0.05, 0.1) is 0 Å². The van der Waals surface area contributed by atoms with E-state index in [1.165, 1.54) is 12.1 Å². The standard InChI is InChI=1S/C13H19F2N/c1-8-5-6-11(14)12(13(8)15)9(2)7-10(3)16-4/h5-6,9-10,16H,7H2,1-4H3. The predicted octanol–water partition coefficient (Wildman–Crippen LogP) is 3.37. The number of aryl methyl sites for hydroxylation is 1. The first-order valence-corrected chi connectivity index (χ1v) is 5.59. The molecule has 0 saturated carbocycles. The molecule has 2 unspecified atom stereocenters. The number of halogens is 2. The molecule has 0 amide bonds. The Morgan fingerprint density at radius 1 is 1.25 bits per heavy atom. The van der Waals surface area contributed by atoms with Crippen LogP contribution < -0.4 is 5.32 Å². The molecule has 1 N–H and O–H groups in total. The Bertz CT molecular complexity index is 363. The molecule has 0 aliphatic carbocycles. The number of nitrogens with one attached hydrogen (secondary N) is 1. The average Bonchev–Trinajstić information content (AvgIpc) is 2.24. The van der Waals surface area contributed by atoms with Gasteiger partial charge in [0.1, 0.15) is 11.6 Å². The van der Waals surface area contributed by atoms with Crippen LogP contribution in [0.2, 0.25) is 0 Å². The Morgan fingerprint density at radius 3 is 2.44 bits per heavy atom. The summed E-state index contributed by atoms with van der Waals surface area (Å²) in [7, 11) is 1.85. The highest BCUT2D eigenvalue weighted by molar-refractivity contribution is 5.29. The van der Waals surface area contributed by atoms with Crippen molar-refractivity contribution < 1.29 is 8.78 Å². The zero-order chi connectivity index (χ0) is 12.3. The topological polar surface area (TPSA) is 12.0 Å². The van der Waals surface area contributed by atoms with Crippen LogP contribution in [-0.4, -0.2) is 13.1 Å². The highest BCUT2D eigenvalue weighted by atomic mass is 19.1. The first-order valence-electron chi connectivity index (χ1n) is 5.59. The van der Waals surface area contributed by atoms with E-state index in [9.17, 15) is 8.78 Å². The van der Waals surface area contributed by atoms with Crippen molar-refractivity contribution in [1.29, 1.82) is 0 Å². The van der Waals surface area contributed by atoms with E-state index < -0.39 is 11.6 Å². The zero-order valence-electron chi connectivity index (χ0n) is 10.3. The van der Waals surface area contributed by atoms with Crippen LogP contribution in [0.5, 0.6) is 0 Å². The second-order valence-electron chi connectivity index (χ2n) is 4.42. The largest absolute Gasteiger partial charge is 0.317 e. The van der Waals surface area contributed by atoms with Crippen LogP contribution in [0.4, 0.5) is 8.78 Å². The fourth-order valence-corrected chi connectivity index (χ4v) is 1.90. The summed E-state index contributed by atoms with van der Waals surface area (Å²) >= 11 is 0. The zero-order valence-corrected chi connectivity index (χ0v) is 10.3. The fourth-order valence-electron chi connectivity index (χ4n) is 1.90. The molecule has 2 atom stereocenters. The molecule has 16 heavy (non-hydrogen) atoms. The molecule has 1 nitrogen and oxygen atoms in total. The molecular weight excluding hydrogens is 208 g/mol. The molecule has 1 rings (SSSR count). The van der Waals surface area contributed by atoms with Crippen LogP contribution in [0.3, 0.4) is 0 Å². The van der Waals surface area contributed by atoms with Crippen molar-refractivity contribution in [3.05, 3.63) is 34.9 Å². The Balaban J connectivity index is 2.98. The third-order valence-electron chi connectivity index (χ3n) is 3.01. The van der Waals surface area contributed by atoms with E-state index >= 15 is 0 Å². The van der Waals surface area contributed by atoms with Crippen molar-refractivity contribution in [2.45, 2.75) is 39.2 Å². The SMILES string of the molecule is CNC(C)CC(C)c1c(F)ccc(C)c1F. The van der Waals surface area contributed by atoms with Gasteiger partial charge >= 0.3 is 0 Å². The maximum atomic E-state index is 13.8. The summed E-state index contributed by atoms with van der Waals surface area (Å²) in [4.78, 5) is 0. The van der Waals surface area contributed by atoms with E-state index in [1.54, 1.807) is 6.92 Å². The monoisotopic (exact) mass is 227 g/mol. The maximum Gasteiger partial charge on any atom is 0.132 e. The molecule has 0 bridgehead atoms. The summed E-state index contributed by atoms with van der Waals surface area (Å²) in [5.41, 5.74) is 0.711. The van der Waals surface area contributed by atoms with Gasteiger partial charge in [-0.1, -0.05) is 13.0 Å². The Hall–Kier alpha value is -0.960. The minimum Gasteiger partial charge on any atom is -0.317 e. The number of hydrogen-bond donors (Lipinski definition) is 1. The summed E-state index contributed by atoms with van der Waals surface area (Å²) in [5, 5.41) is 3.07. The van der Waals surface area contributed by atoms with Crippen molar-refractivity contribution in [2.24, 2.45) is 0 Å². The van der Waals surface area contributed by atoms with Crippen molar-refractivity contribution in [3.63, 3.8) is 0 Å². The normalized spacial score (nSPS) is 14.9. The Labute approximate surface area is 95.9 Å². The lowest BCUT2D eigenvalue weighted by Crippen LogP contribution is -2.23. The Morgan fingerprint density at radius 2 is 1.88 bits per heavy atom. The number of hydrogen-bond acceptors (Lipinski definition) is 1. The first kappa shape index (κ1) is 13.1. The lowest BCUT2D eigenvalue weighted by molar-refractivity contribution is 0.472. The van der Waals surface area contributed by atoms with Gasteiger partial charge in [-0.25, -0.2) is 8.78 Å².